The third-order valence-electron chi connectivity index (χ3n) is 4.83. The molecule has 1 amide bonds. The fourth-order valence-electron chi connectivity index (χ4n) is 3.27. The van der Waals surface area contributed by atoms with Gasteiger partial charge in [-0.15, -0.1) is 0 Å². The molecule has 0 spiro atoms. The van der Waals surface area contributed by atoms with Crippen LogP contribution in [0.4, 0.5) is 18.9 Å². The van der Waals surface area contributed by atoms with Crippen molar-refractivity contribution in [3.63, 3.8) is 0 Å². The van der Waals surface area contributed by atoms with E-state index in [2.05, 4.69) is 20.1 Å². The number of hydrogen-bond acceptors (Lipinski definition) is 4. The number of carbonyl (C=O) groups is 1. The highest BCUT2D eigenvalue weighted by Gasteiger charge is 2.50. The molecule has 0 aromatic carbocycles. The highest BCUT2D eigenvalue weighted by atomic mass is 19.4. The maximum atomic E-state index is 13.3. The van der Waals surface area contributed by atoms with Gasteiger partial charge in [-0.1, -0.05) is 0 Å². The number of imidazole rings is 1. The Balaban J connectivity index is 1.75. The van der Waals surface area contributed by atoms with E-state index in [1.807, 2.05) is 0 Å². The summed E-state index contributed by atoms with van der Waals surface area (Å²) >= 11 is 0. The topological polar surface area (TPSA) is 76.8 Å². The molecule has 0 radical (unpaired) electrons. The number of rotatable bonds is 4. The van der Waals surface area contributed by atoms with E-state index in [1.54, 1.807) is 26.0 Å². The van der Waals surface area contributed by atoms with Gasteiger partial charge in [-0.05, 0) is 44.7 Å². The van der Waals surface area contributed by atoms with Gasteiger partial charge >= 0.3 is 6.18 Å². The summed E-state index contributed by atoms with van der Waals surface area (Å²) in [5.41, 5.74) is 1.08. The van der Waals surface area contributed by atoms with E-state index in [0.717, 1.165) is 0 Å². The van der Waals surface area contributed by atoms with Gasteiger partial charge in [0.05, 0.1) is 18.0 Å². The number of nitrogens with zero attached hydrogens (tertiary/aromatic N) is 4. The Morgan fingerprint density at radius 3 is 2.72 bits per heavy atom. The van der Waals surface area contributed by atoms with Crippen LogP contribution in [-0.2, 0) is 0 Å². The maximum absolute atomic E-state index is 13.3. The van der Waals surface area contributed by atoms with Gasteiger partial charge in [0.25, 0.3) is 5.91 Å². The minimum atomic E-state index is -4.53. The van der Waals surface area contributed by atoms with Crippen LogP contribution in [0, 0.1) is 26.3 Å². The van der Waals surface area contributed by atoms with Gasteiger partial charge in [0.1, 0.15) is 12.4 Å². The quantitative estimate of drug-likeness (QED) is 0.662. The summed E-state index contributed by atoms with van der Waals surface area (Å²) in [6.07, 6.45) is -2.35. The summed E-state index contributed by atoms with van der Waals surface area (Å²) in [5, 5.41) is 2.07. The summed E-state index contributed by atoms with van der Waals surface area (Å²) < 4.78 is 46.9. The molecule has 1 N–H and O–H groups in total. The van der Waals surface area contributed by atoms with Gasteiger partial charge < -0.3 is 9.73 Å². The molecule has 1 aliphatic carbocycles. The first-order valence-corrected chi connectivity index (χ1v) is 8.89. The Labute approximate surface area is 163 Å². The second-order valence-electron chi connectivity index (χ2n) is 7.08. The third-order valence-corrected chi connectivity index (χ3v) is 4.83. The SMILES string of the molecule is [C-]#[N+]c1cc(C)oc1-c1cc(C)n2cnc(C(=O)N[C@@H](C3CC3)C(F)(F)F)c2n1. The molecule has 0 aliphatic heterocycles. The van der Waals surface area contributed by atoms with Crippen LogP contribution in [0.1, 0.15) is 34.8 Å². The Bertz CT molecular complexity index is 1150. The number of alkyl halides is 3. The molecule has 29 heavy (non-hydrogen) atoms. The highest BCUT2D eigenvalue weighted by Crippen LogP contribution is 2.40. The summed E-state index contributed by atoms with van der Waals surface area (Å²) in [4.78, 5) is 24.3. The predicted molar refractivity (Wildman–Crippen MR) is 96.5 cm³/mol. The highest BCUT2D eigenvalue weighted by molar-refractivity contribution is 5.98. The van der Waals surface area contributed by atoms with Crippen LogP contribution >= 0.6 is 0 Å². The number of carbonyl (C=O) groups excluding carboxylic acids is 1. The number of halogens is 3. The fraction of sp³-hybridized carbons (Fsp3) is 0.368. The number of aromatic nitrogens is 3. The minimum absolute atomic E-state index is 0.0965. The van der Waals surface area contributed by atoms with Crippen molar-refractivity contribution < 1.29 is 22.4 Å². The smallest absolute Gasteiger partial charge is 0.408 e. The minimum Gasteiger partial charge on any atom is -0.472 e. The lowest BCUT2D eigenvalue weighted by Crippen LogP contribution is -2.47. The van der Waals surface area contributed by atoms with Crippen molar-refractivity contribution in [1.29, 1.82) is 0 Å². The van der Waals surface area contributed by atoms with Crippen LogP contribution < -0.4 is 5.32 Å². The first-order valence-electron chi connectivity index (χ1n) is 8.89. The van der Waals surface area contributed by atoms with Crippen molar-refractivity contribution in [2.75, 3.05) is 0 Å². The molecule has 10 heteroatoms. The van der Waals surface area contributed by atoms with Gasteiger partial charge in [-0.3, -0.25) is 9.20 Å². The van der Waals surface area contributed by atoms with Crippen molar-refractivity contribution >= 4 is 17.2 Å². The predicted octanol–water partition coefficient (Wildman–Crippen LogP) is 4.23. The summed E-state index contributed by atoms with van der Waals surface area (Å²) in [7, 11) is 0. The molecule has 3 aromatic heterocycles. The normalized spacial score (nSPS) is 15.3. The van der Waals surface area contributed by atoms with E-state index in [1.165, 1.54) is 10.7 Å². The zero-order valence-electron chi connectivity index (χ0n) is 15.5. The third kappa shape index (κ3) is 3.44. The first kappa shape index (κ1) is 19.0. The van der Waals surface area contributed by atoms with Crippen LogP contribution in [0.15, 0.2) is 22.9 Å². The standard InChI is InChI=1S/C19H16F3N5O2/c1-9-6-13(15-12(23-3)7-10(2)29-15)25-17-14(24-8-27(9)17)18(28)26-16(11-4-5-11)19(20,21)22/h6-8,11,16H,4-5H2,1-2H3,(H,26,28)/t16-/m0/s1. The van der Waals surface area contributed by atoms with Crippen molar-refractivity contribution in [3.8, 4) is 11.5 Å². The summed E-state index contributed by atoms with van der Waals surface area (Å²) in [6, 6.07) is 1.32. The van der Waals surface area contributed by atoms with E-state index in [0.29, 0.717) is 30.0 Å². The van der Waals surface area contributed by atoms with Crippen molar-refractivity contribution in [3.05, 3.63) is 47.0 Å². The molecule has 1 atom stereocenters. The van der Waals surface area contributed by atoms with E-state index in [9.17, 15) is 18.0 Å². The number of hydrogen-bond donors (Lipinski definition) is 1. The lowest BCUT2D eigenvalue weighted by molar-refractivity contribution is -0.158. The zero-order chi connectivity index (χ0) is 20.9. The Hall–Kier alpha value is -3.35. The number of amides is 1. The molecular weight excluding hydrogens is 387 g/mol. The van der Waals surface area contributed by atoms with E-state index in [-0.39, 0.29) is 22.8 Å². The summed E-state index contributed by atoms with van der Waals surface area (Å²) in [5.74, 6) is -0.784. The Morgan fingerprint density at radius 1 is 1.38 bits per heavy atom. The number of nitrogens with one attached hydrogen (secondary N) is 1. The lowest BCUT2D eigenvalue weighted by Gasteiger charge is -2.20. The molecule has 0 saturated heterocycles. The molecule has 150 valence electrons. The zero-order valence-corrected chi connectivity index (χ0v) is 15.5. The number of furan rings is 1. The molecule has 0 bridgehead atoms. The van der Waals surface area contributed by atoms with Gasteiger partial charge in [0, 0.05) is 5.69 Å². The average Bonchev–Trinajstić information content (AvgIpc) is 3.26. The molecule has 4 rings (SSSR count). The molecule has 1 fully saturated rings. The van der Waals surface area contributed by atoms with E-state index < -0.39 is 24.0 Å². The fourth-order valence-corrected chi connectivity index (χ4v) is 3.27. The Kier molecular flexibility index (Phi) is 4.33. The van der Waals surface area contributed by atoms with Crippen molar-refractivity contribution in [2.45, 2.75) is 38.9 Å². The molecule has 3 heterocycles. The number of fused-ring (bicyclic) bond motifs is 1. The first-order chi connectivity index (χ1) is 13.7. The van der Waals surface area contributed by atoms with Gasteiger partial charge in [0.2, 0.25) is 5.69 Å². The molecule has 3 aromatic rings. The van der Waals surface area contributed by atoms with Crippen LogP contribution in [-0.4, -0.2) is 32.5 Å². The molecular formula is C19H16F3N5O2. The molecule has 0 unspecified atom stereocenters. The average molecular weight is 403 g/mol. The second kappa shape index (κ2) is 6.62. The monoisotopic (exact) mass is 403 g/mol. The van der Waals surface area contributed by atoms with Gasteiger partial charge in [-0.25, -0.2) is 14.8 Å². The van der Waals surface area contributed by atoms with E-state index >= 15 is 0 Å². The molecule has 1 saturated carbocycles. The van der Waals surface area contributed by atoms with Crippen LogP contribution in [0.25, 0.3) is 21.9 Å². The van der Waals surface area contributed by atoms with Gasteiger partial charge in [-0.2, -0.15) is 13.2 Å². The maximum Gasteiger partial charge on any atom is 0.408 e. The van der Waals surface area contributed by atoms with Crippen LogP contribution in [0.2, 0.25) is 0 Å². The largest absolute Gasteiger partial charge is 0.472 e. The molecule has 7 nitrogen and oxygen atoms in total. The van der Waals surface area contributed by atoms with Crippen LogP contribution in [0.3, 0.4) is 0 Å². The van der Waals surface area contributed by atoms with Crippen LogP contribution in [0.5, 0.6) is 0 Å². The number of aryl methyl sites for hydroxylation is 2. The van der Waals surface area contributed by atoms with Crippen molar-refractivity contribution in [2.24, 2.45) is 5.92 Å². The lowest BCUT2D eigenvalue weighted by atomic mass is 10.1. The van der Waals surface area contributed by atoms with E-state index in [4.69, 9.17) is 11.0 Å². The summed E-state index contributed by atoms with van der Waals surface area (Å²) in [6.45, 7) is 10.7. The molecule has 1 aliphatic rings. The van der Waals surface area contributed by atoms with Crippen molar-refractivity contribution in [1.82, 2.24) is 19.7 Å². The Morgan fingerprint density at radius 2 is 2.10 bits per heavy atom. The van der Waals surface area contributed by atoms with Gasteiger partial charge in [0.15, 0.2) is 17.1 Å². The second-order valence-corrected chi connectivity index (χ2v) is 7.08.